The van der Waals surface area contributed by atoms with Crippen LogP contribution >= 0.6 is 11.3 Å². The highest BCUT2D eigenvalue weighted by Crippen LogP contribution is 2.46. The summed E-state index contributed by atoms with van der Waals surface area (Å²) in [5.41, 5.74) is 1.35. The number of thiazole rings is 1. The van der Waals surface area contributed by atoms with Gasteiger partial charge in [0.05, 0.1) is 16.7 Å². The summed E-state index contributed by atoms with van der Waals surface area (Å²) in [6.07, 6.45) is 7.84. The van der Waals surface area contributed by atoms with Crippen molar-refractivity contribution in [3.63, 3.8) is 0 Å². The molecule has 0 bridgehead atoms. The lowest BCUT2D eigenvalue weighted by atomic mass is 9.75. The summed E-state index contributed by atoms with van der Waals surface area (Å²) in [4.78, 5) is 19.6. The van der Waals surface area contributed by atoms with Crippen molar-refractivity contribution in [2.75, 3.05) is 19.8 Å². The number of aryl methyl sites for hydroxylation is 1. The van der Waals surface area contributed by atoms with Crippen molar-refractivity contribution in [1.82, 2.24) is 15.2 Å². The zero-order valence-corrected chi connectivity index (χ0v) is 15.2. The average molecular weight is 350 g/mol. The highest BCUT2D eigenvalue weighted by atomic mass is 32.1. The molecule has 0 radical (unpaired) electrons. The quantitative estimate of drug-likeness (QED) is 0.887. The van der Waals surface area contributed by atoms with Gasteiger partial charge >= 0.3 is 6.03 Å². The van der Waals surface area contributed by atoms with Crippen molar-refractivity contribution in [3.8, 4) is 0 Å². The molecule has 1 aromatic heterocycles. The summed E-state index contributed by atoms with van der Waals surface area (Å²) in [7, 11) is 0. The third kappa shape index (κ3) is 2.94. The van der Waals surface area contributed by atoms with Crippen LogP contribution in [0.15, 0.2) is 5.38 Å². The van der Waals surface area contributed by atoms with Crippen LogP contribution in [-0.4, -0.2) is 41.7 Å². The normalized spacial score (nSPS) is 29.3. The van der Waals surface area contributed by atoms with E-state index < -0.39 is 0 Å². The third-order valence-electron chi connectivity index (χ3n) is 6.18. The Kier molecular flexibility index (Phi) is 4.52. The fourth-order valence-electron chi connectivity index (χ4n) is 4.82. The van der Waals surface area contributed by atoms with Crippen LogP contribution in [0, 0.1) is 12.3 Å². The minimum Gasteiger partial charge on any atom is -0.381 e. The van der Waals surface area contributed by atoms with Gasteiger partial charge in [-0.1, -0.05) is 6.42 Å². The van der Waals surface area contributed by atoms with Gasteiger partial charge in [-0.2, -0.15) is 0 Å². The van der Waals surface area contributed by atoms with E-state index in [4.69, 9.17) is 4.74 Å². The van der Waals surface area contributed by atoms with E-state index in [-0.39, 0.29) is 17.5 Å². The maximum atomic E-state index is 13.0. The van der Waals surface area contributed by atoms with Gasteiger partial charge in [-0.3, -0.25) is 0 Å². The minimum absolute atomic E-state index is 0.112. The largest absolute Gasteiger partial charge is 0.381 e. The highest BCUT2D eigenvalue weighted by Gasteiger charge is 2.45. The molecule has 132 valence electrons. The Hall–Kier alpha value is -1.14. The van der Waals surface area contributed by atoms with Crippen LogP contribution in [0.4, 0.5) is 4.79 Å². The lowest BCUT2D eigenvalue weighted by molar-refractivity contribution is 0.00535. The van der Waals surface area contributed by atoms with E-state index in [1.54, 1.807) is 11.3 Å². The molecule has 2 aliphatic heterocycles. The van der Waals surface area contributed by atoms with Gasteiger partial charge in [-0.05, 0) is 50.9 Å². The number of nitrogens with zero attached hydrogens (tertiary/aromatic N) is 2. The second-order valence-electron chi connectivity index (χ2n) is 7.51. The van der Waals surface area contributed by atoms with E-state index in [1.165, 1.54) is 12.8 Å². The second-order valence-corrected chi connectivity index (χ2v) is 8.57. The Bertz CT molecular complexity index is 597. The number of amides is 2. The number of hydrogen-bond acceptors (Lipinski definition) is 4. The molecule has 6 heteroatoms. The van der Waals surface area contributed by atoms with Gasteiger partial charge in [0.25, 0.3) is 0 Å². The minimum atomic E-state index is 0.112. The van der Waals surface area contributed by atoms with Crippen LogP contribution in [0.25, 0.3) is 0 Å². The van der Waals surface area contributed by atoms with Crippen molar-refractivity contribution >= 4 is 17.4 Å². The van der Waals surface area contributed by atoms with E-state index in [0.29, 0.717) is 6.04 Å². The number of nitrogens with one attached hydrogen (secondary N) is 1. The molecule has 0 unspecified atom stereocenters. The molecule has 2 amide bonds. The smallest absolute Gasteiger partial charge is 0.318 e. The first kappa shape index (κ1) is 16.3. The molecule has 2 saturated heterocycles. The van der Waals surface area contributed by atoms with E-state index in [1.807, 2.05) is 11.8 Å². The topological polar surface area (TPSA) is 54.5 Å². The van der Waals surface area contributed by atoms with Gasteiger partial charge in [0.2, 0.25) is 0 Å². The van der Waals surface area contributed by atoms with Gasteiger partial charge in [-0.15, -0.1) is 11.3 Å². The Labute approximate surface area is 147 Å². The van der Waals surface area contributed by atoms with E-state index in [9.17, 15) is 4.79 Å². The lowest BCUT2D eigenvalue weighted by Gasteiger charge is -2.40. The van der Waals surface area contributed by atoms with E-state index in [0.717, 1.165) is 62.6 Å². The molecule has 2 atom stereocenters. The predicted molar refractivity (Wildman–Crippen MR) is 94.2 cm³/mol. The molecule has 4 rings (SSSR count). The Balaban J connectivity index is 1.45. The number of carbonyl (C=O) groups excluding carboxylic acids is 1. The number of urea groups is 1. The summed E-state index contributed by atoms with van der Waals surface area (Å²) in [5.74, 6) is 0. The van der Waals surface area contributed by atoms with Gasteiger partial charge < -0.3 is 15.0 Å². The molecule has 1 aromatic rings. The Morgan fingerprint density at radius 3 is 2.92 bits per heavy atom. The third-order valence-corrected chi connectivity index (χ3v) is 6.98. The van der Waals surface area contributed by atoms with Gasteiger partial charge in [0.1, 0.15) is 0 Å². The first-order valence-electron chi connectivity index (χ1n) is 9.25. The first-order chi connectivity index (χ1) is 11.7. The van der Waals surface area contributed by atoms with Crippen LogP contribution in [-0.2, 0) is 4.74 Å². The van der Waals surface area contributed by atoms with Crippen molar-refractivity contribution in [1.29, 1.82) is 0 Å². The SMILES string of the molecule is Cc1nc([C@@H]2CCCN2C(=O)N[C@@H]2CCCC23CCOCC3)cs1. The first-order valence-corrected chi connectivity index (χ1v) is 10.1. The molecule has 3 heterocycles. The molecule has 1 saturated carbocycles. The maximum absolute atomic E-state index is 13.0. The van der Waals surface area contributed by atoms with Crippen LogP contribution in [0.1, 0.15) is 61.7 Å². The van der Waals surface area contributed by atoms with Crippen molar-refractivity contribution < 1.29 is 9.53 Å². The van der Waals surface area contributed by atoms with Crippen molar-refractivity contribution in [3.05, 3.63) is 16.1 Å². The van der Waals surface area contributed by atoms with E-state index >= 15 is 0 Å². The lowest BCUT2D eigenvalue weighted by Crippen LogP contribution is -2.51. The number of rotatable bonds is 2. The Morgan fingerprint density at radius 2 is 2.17 bits per heavy atom. The average Bonchev–Trinajstić information content (AvgIpc) is 3.29. The highest BCUT2D eigenvalue weighted by molar-refractivity contribution is 7.09. The van der Waals surface area contributed by atoms with Crippen molar-refractivity contribution in [2.45, 2.75) is 64.0 Å². The molecular formula is C18H27N3O2S. The summed E-state index contributed by atoms with van der Waals surface area (Å²) < 4.78 is 5.56. The van der Waals surface area contributed by atoms with Crippen LogP contribution < -0.4 is 5.32 Å². The fourth-order valence-corrected chi connectivity index (χ4v) is 5.48. The summed E-state index contributed by atoms with van der Waals surface area (Å²) in [6, 6.07) is 0.579. The molecule has 24 heavy (non-hydrogen) atoms. The number of hydrogen-bond donors (Lipinski definition) is 1. The number of carbonyl (C=O) groups is 1. The molecule has 3 aliphatic rings. The van der Waals surface area contributed by atoms with Gasteiger partial charge in [-0.25, -0.2) is 9.78 Å². The maximum Gasteiger partial charge on any atom is 0.318 e. The van der Waals surface area contributed by atoms with Gasteiger partial charge in [0.15, 0.2) is 0 Å². The summed E-state index contributed by atoms with van der Waals surface area (Å²) >= 11 is 1.67. The zero-order valence-electron chi connectivity index (χ0n) is 14.4. The number of likely N-dealkylation sites (tertiary alicyclic amines) is 1. The summed E-state index contributed by atoms with van der Waals surface area (Å²) in [6.45, 7) is 4.56. The fraction of sp³-hybridized carbons (Fsp3) is 0.778. The van der Waals surface area contributed by atoms with E-state index in [2.05, 4.69) is 15.7 Å². The molecular weight excluding hydrogens is 322 g/mol. The van der Waals surface area contributed by atoms with Crippen molar-refractivity contribution in [2.24, 2.45) is 5.41 Å². The Morgan fingerprint density at radius 1 is 1.33 bits per heavy atom. The zero-order chi connectivity index (χ0) is 16.6. The van der Waals surface area contributed by atoms with Gasteiger partial charge in [0, 0.05) is 31.2 Å². The van der Waals surface area contributed by atoms with Crippen LogP contribution in [0.2, 0.25) is 0 Å². The number of ether oxygens (including phenoxy) is 1. The molecule has 5 nitrogen and oxygen atoms in total. The predicted octanol–water partition coefficient (Wildman–Crippen LogP) is 3.65. The molecule has 3 fully saturated rings. The monoisotopic (exact) mass is 349 g/mol. The standard InChI is InChI=1S/C18H27N3O2S/c1-13-19-14(12-24-13)15-4-3-9-21(15)17(22)20-16-5-2-6-18(16)7-10-23-11-8-18/h12,15-16H,2-11H2,1H3,(H,20,22)/t15-,16+/m0/s1. The van der Waals surface area contributed by atoms with Crippen LogP contribution in [0.3, 0.4) is 0 Å². The molecule has 1 N–H and O–H groups in total. The van der Waals surface area contributed by atoms with Crippen LogP contribution in [0.5, 0.6) is 0 Å². The number of aromatic nitrogens is 1. The summed E-state index contributed by atoms with van der Waals surface area (Å²) in [5, 5.41) is 6.59. The molecule has 1 spiro atoms. The second kappa shape index (κ2) is 6.64. The molecule has 1 aliphatic carbocycles. The molecule has 0 aromatic carbocycles.